The van der Waals surface area contributed by atoms with E-state index in [4.69, 9.17) is 0 Å². The summed E-state index contributed by atoms with van der Waals surface area (Å²) in [6.07, 6.45) is 5.16. The third-order valence-electron chi connectivity index (χ3n) is 2.15. The lowest BCUT2D eigenvalue weighted by atomic mass is 10.5. The van der Waals surface area contributed by atoms with Gasteiger partial charge in [-0.3, -0.25) is 10.1 Å². The summed E-state index contributed by atoms with van der Waals surface area (Å²) in [4.78, 5) is 12.0. The van der Waals surface area contributed by atoms with E-state index in [2.05, 4.69) is 17.8 Å². The smallest absolute Gasteiger partial charge is 0.274 e. The van der Waals surface area contributed by atoms with E-state index in [0.717, 1.165) is 25.8 Å². The van der Waals surface area contributed by atoms with Gasteiger partial charge >= 0.3 is 0 Å². The monoisotopic (exact) mass is 249 g/mol. The molecule has 0 unspecified atom stereocenters. The van der Waals surface area contributed by atoms with Gasteiger partial charge in [-0.1, -0.05) is 0 Å². The van der Waals surface area contributed by atoms with Crippen molar-refractivity contribution < 1.29 is 4.92 Å². The minimum atomic E-state index is -0.409. The molecule has 15 heavy (non-hydrogen) atoms. The molecule has 1 saturated heterocycles. The summed E-state index contributed by atoms with van der Waals surface area (Å²) in [5.74, 6) is 0.633. The van der Waals surface area contributed by atoms with Crippen LogP contribution in [0.25, 0.3) is 0 Å². The fourth-order valence-corrected chi connectivity index (χ4v) is 2.82. The van der Waals surface area contributed by atoms with Crippen molar-refractivity contribution in [1.29, 1.82) is 0 Å². The van der Waals surface area contributed by atoms with Gasteiger partial charge in [0.25, 0.3) is 6.20 Å². The van der Waals surface area contributed by atoms with Crippen molar-refractivity contribution in [2.75, 3.05) is 32.1 Å². The van der Waals surface area contributed by atoms with Crippen molar-refractivity contribution in [3.8, 4) is 0 Å². The molecule has 86 valence electrons. The Bertz CT molecular complexity index is 256. The first-order valence-electron chi connectivity index (χ1n) is 4.57. The van der Waals surface area contributed by atoms with Crippen molar-refractivity contribution >= 4 is 23.5 Å². The second-order valence-electron chi connectivity index (χ2n) is 3.07. The molecule has 1 aliphatic rings. The molecular formula is C8H15N3O2S2. The van der Waals surface area contributed by atoms with Crippen LogP contribution in [0.4, 0.5) is 0 Å². The van der Waals surface area contributed by atoms with Gasteiger partial charge in [-0.15, -0.1) is 23.5 Å². The highest BCUT2D eigenvalue weighted by Gasteiger charge is 2.21. The summed E-state index contributed by atoms with van der Waals surface area (Å²) in [6, 6.07) is 0. The lowest BCUT2D eigenvalue weighted by molar-refractivity contribution is -0.404. The van der Waals surface area contributed by atoms with E-state index in [1.54, 1.807) is 23.5 Å². The van der Waals surface area contributed by atoms with Crippen LogP contribution in [-0.2, 0) is 0 Å². The topological polar surface area (TPSA) is 58.4 Å². The van der Waals surface area contributed by atoms with Crippen LogP contribution in [0.15, 0.2) is 12.0 Å². The number of rotatable bonds is 5. The highest BCUT2D eigenvalue weighted by molar-refractivity contribution is 8.16. The van der Waals surface area contributed by atoms with E-state index in [9.17, 15) is 10.1 Å². The van der Waals surface area contributed by atoms with Crippen molar-refractivity contribution in [2.45, 2.75) is 4.58 Å². The molecule has 0 amide bonds. The number of nitro groups is 1. The van der Waals surface area contributed by atoms with Gasteiger partial charge in [0, 0.05) is 19.6 Å². The fourth-order valence-electron chi connectivity index (χ4n) is 1.39. The van der Waals surface area contributed by atoms with Crippen LogP contribution in [0.1, 0.15) is 0 Å². The van der Waals surface area contributed by atoms with Crippen LogP contribution in [0.5, 0.6) is 0 Å². The van der Waals surface area contributed by atoms with Crippen molar-refractivity contribution in [3.05, 3.63) is 22.1 Å². The van der Waals surface area contributed by atoms with Crippen LogP contribution >= 0.6 is 23.5 Å². The van der Waals surface area contributed by atoms with Crippen LogP contribution in [0.3, 0.4) is 0 Å². The van der Waals surface area contributed by atoms with Crippen LogP contribution in [0.2, 0.25) is 0 Å². The van der Waals surface area contributed by atoms with Crippen molar-refractivity contribution in [1.82, 2.24) is 10.2 Å². The summed E-state index contributed by atoms with van der Waals surface area (Å²) in [6.45, 7) is 2.47. The molecule has 7 heteroatoms. The van der Waals surface area contributed by atoms with Gasteiger partial charge in [-0.05, 0) is 12.5 Å². The van der Waals surface area contributed by atoms with E-state index in [0.29, 0.717) is 10.4 Å². The number of hydrogen-bond donors (Lipinski definition) is 1. The molecule has 1 aliphatic heterocycles. The molecule has 1 heterocycles. The summed E-state index contributed by atoms with van der Waals surface area (Å²) < 4.78 is 0.458. The molecule has 0 atom stereocenters. The Kier molecular flexibility index (Phi) is 5.10. The molecule has 1 fully saturated rings. The second-order valence-corrected chi connectivity index (χ2v) is 5.45. The van der Waals surface area contributed by atoms with Gasteiger partial charge < -0.3 is 10.2 Å². The van der Waals surface area contributed by atoms with Gasteiger partial charge in [0.1, 0.15) is 0 Å². The largest absolute Gasteiger partial charge is 0.365 e. The number of nitrogens with one attached hydrogen (secondary N) is 1. The maximum Gasteiger partial charge on any atom is 0.274 e. The second kappa shape index (κ2) is 6.12. The average Bonchev–Trinajstić information content (AvgIpc) is 2.61. The first kappa shape index (κ1) is 12.5. The Balaban J connectivity index is 2.56. The summed E-state index contributed by atoms with van der Waals surface area (Å²) >= 11 is 3.55. The van der Waals surface area contributed by atoms with Gasteiger partial charge in [0.15, 0.2) is 5.82 Å². The Labute approximate surface area is 97.8 Å². The molecule has 0 spiro atoms. The normalized spacial score (nSPS) is 18.6. The number of thioether (sulfide) groups is 2. The molecule has 0 aromatic heterocycles. The molecule has 5 nitrogen and oxygen atoms in total. The third-order valence-corrected chi connectivity index (χ3v) is 4.66. The number of nitrogens with zero attached hydrogens (tertiary/aromatic N) is 2. The van der Waals surface area contributed by atoms with Crippen LogP contribution in [0, 0.1) is 10.1 Å². The highest BCUT2D eigenvalue weighted by Crippen LogP contribution is 2.21. The highest BCUT2D eigenvalue weighted by atomic mass is 32.2. The fraction of sp³-hybridized carbons (Fsp3) is 0.750. The molecule has 0 aliphatic carbocycles. The molecule has 0 bridgehead atoms. The molecule has 0 saturated carbocycles. The quantitative estimate of drug-likeness (QED) is 0.446. The van der Waals surface area contributed by atoms with E-state index in [1.807, 2.05) is 4.90 Å². The molecule has 0 aromatic rings. The molecule has 0 radical (unpaired) electrons. The number of hydrogen-bond acceptors (Lipinski definition) is 6. The predicted octanol–water partition coefficient (Wildman–Crippen LogP) is 1.02. The zero-order valence-corrected chi connectivity index (χ0v) is 10.4. The Hall–Kier alpha value is -0.560. The molecule has 1 rings (SSSR count). The minimum Gasteiger partial charge on any atom is -0.365 e. The molecule has 0 aromatic carbocycles. The molecule has 1 N–H and O–H groups in total. The standard InChI is InChI=1S/C8H15N3O2S2/c1-14-8(15-2)6-10-4-3-9-7(10)5-11(12)13/h5,8-9H,3-4,6H2,1-2H3/b7-5+. The van der Waals surface area contributed by atoms with Gasteiger partial charge in [-0.2, -0.15) is 0 Å². The van der Waals surface area contributed by atoms with Gasteiger partial charge in [0.05, 0.1) is 9.51 Å². The average molecular weight is 249 g/mol. The van der Waals surface area contributed by atoms with E-state index in [1.165, 1.54) is 0 Å². The van der Waals surface area contributed by atoms with Crippen LogP contribution < -0.4 is 5.32 Å². The summed E-state index contributed by atoms with van der Waals surface area (Å²) in [7, 11) is 0. The minimum absolute atomic E-state index is 0.409. The first-order chi connectivity index (χ1) is 7.17. The maximum atomic E-state index is 10.4. The zero-order valence-electron chi connectivity index (χ0n) is 8.80. The first-order valence-corrected chi connectivity index (χ1v) is 7.14. The molecular weight excluding hydrogens is 234 g/mol. The van der Waals surface area contributed by atoms with E-state index < -0.39 is 4.92 Å². The maximum absolute atomic E-state index is 10.4. The lowest BCUT2D eigenvalue weighted by Crippen LogP contribution is -2.27. The zero-order chi connectivity index (χ0) is 11.3. The summed E-state index contributed by atoms with van der Waals surface area (Å²) in [5.41, 5.74) is 0. The summed E-state index contributed by atoms with van der Waals surface area (Å²) in [5, 5.41) is 13.4. The predicted molar refractivity (Wildman–Crippen MR) is 65.5 cm³/mol. The van der Waals surface area contributed by atoms with Crippen molar-refractivity contribution in [2.24, 2.45) is 0 Å². The van der Waals surface area contributed by atoms with E-state index >= 15 is 0 Å². The third kappa shape index (κ3) is 3.83. The lowest BCUT2D eigenvalue weighted by Gasteiger charge is -2.21. The van der Waals surface area contributed by atoms with Gasteiger partial charge in [-0.25, -0.2) is 0 Å². The Morgan fingerprint density at radius 3 is 2.87 bits per heavy atom. The van der Waals surface area contributed by atoms with E-state index in [-0.39, 0.29) is 0 Å². The SMILES string of the molecule is CSC(CN1CCN/C1=C\[N+](=O)[O-])SC. The van der Waals surface area contributed by atoms with Crippen molar-refractivity contribution in [3.63, 3.8) is 0 Å². The van der Waals surface area contributed by atoms with Gasteiger partial charge in [0.2, 0.25) is 0 Å². The Morgan fingerprint density at radius 1 is 1.67 bits per heavy atom. The Morgan fingerprint density at radius 2 is 2.33 bits per heavy atom. The van der Waals surface area contributed by atoms with Crippen LogP contribution in [-0.4, -0.2) is 46.6 Å².